The van der Waals surface area contributed by atoms with Gasteiger partial charge in [-0.25, -0.2) is 18.7 Å². The molecule has 1 atom stereocenters. The monoisotopic (exact) mass is 680 g/mol. The highest BCUT2D eigenvalue weighted by atomic mass is 19.3. The number of fused-ring (bicyclic) bond motifs is 2. The first-order valence-corrected chi connectivity index (χ1v) is 16.8. The van der Waals surface area contributed by atoms with E-state index in [4.69, 9.17) is 9.84 Å². The molecule has 258 valence electrons. The summed E-state index contributed by atoms with van der Waals surface area (Å²) in [5.41, 5.74) is 6.96. The first kappa shape index (κ1) is 33.2. The molecule has 50 heavy (non-hydrogen) atoms. The van der Waals surface area contributed by atoms with Crippen molar-refractivity contribution in [3.8, 4) is 11.1 Å². The standard InChI is InChI=1S/C37H38F2N8O3/c1-21-24(8-4-10-26(21)41-34-32-28(12-6-16-40-32)42-35(44-34)33(38)39)25-9-5-11-27(22(25)2)43-36(48)29-20-31-30(13-7-17-47(31)45-29)46-18-14-23(15-19-46)37(49)50-3/h4-6,8-12,16,20,23,30,33H,7,13-15,17-19H2,1-3H3,(H,43,48)(H,41,42,44)/t30-/m1/s1. The molecule has 1 saturated heterocycles. The molecule has 3 aromatic heterocycles. The largest absolute Gasteiger partial charge is 0.469 e. The van der Waals surface area contributed by atoms with Crippen LogP contribution in [0.25, 0.3) is 22.2 Å². The fourth-order valence-corrected chi connectivity index (χ4v) is 7.16. The van der Waals surface area contributed by atoms with Crippen LogP contribution in [0, 0.1) is 19.8 Å². The maximum atomic E-state index is 13.6. The average molecular weight is 681 g/mol. The van der Waals surface area contributed by atoms with Crippen LogP contribution in [0.1, 0.15) is 71.3 Å². The number of ether oxygens (including phenoxy) is 1. The van der Waals surface area contributed by atoms with E-state index in [0.717, 1.165) is 73.3 Å². The van der Waals surface area contributed by atoms with Crippen molar-refractivity contribution in [1.29, 1.82) is 0 Å². The van der Waals surface area contributed by atoms with Gasteiger partial charge in [0.2, 0.25) is 0 Å². The number of halogens is 2. The van der Waals surface area contributed by atoms with Gasteiger partial charge >= 0.3 is 5.97 Å². The summed E-state index contributed by atoms with van der Waals surface area (Å²) < 4.78 is 34.2. The van der Waals surface area contributed by atoms with Crippen molar-refractivity contribution >= 4 is 40.1 Å². The van der Waals surface area contributed by atoms with Gasteiger partial charge < -0.3 is 15.4 Å². The number of aryl methyl sites for hydroxylation is 1. The Morgan fingerprint density at radius 3 is 2.36 bits per heavy atom. The fraction of sp³-hybridized carbons (Fsp3) is 0.351. The fourth-order valence-electron chi connectivity index (χ4n) is 7.16. The van der Waals surface area contributed by atoms with E-state index in [2.05, 4.69) is 30.5 Å². The molecule has 5 heterocycles. The zero-order chi connectivity index (χ0) is 34.9. The molecule has 5 aromatic rings. The van der Waals surface area contributed by atoms with Crippen LogP contribution in [-0.2, 0) is 16.1 Å². The molecule has 11 nitrogen and oxygen atoms in total. The van der Waals surface area contributed by atoms with E-state index in [1.54, 1.807) is 18.3 Å². The Morgan fingerprint density at radius 2 is 1.64 bits per heavy atom. The number of piperidine rings is 1. The topological polar surface area (TPSA) is 127 Å². The van der Waals surface area contributed by atoms with Crippen LogP contribution in [0.2, 0.25) is 0 Å². The van der Waals surface area contributed by atoms with Crippen LogP contribution in [0.15, 0.2) is 60.8 Å². The van der Waals surface area contributed by atoms with E-state index >= 15 is 0 Å². The number of pyridine rings is 1. The third-order valence-electron chi connectivity index (χ3n) is 9.86. The predicted molar refractivity (Wildman–Crippen MR) is 185 cm³/mol. The molecule has 2 aliphatic rings. The molecule has 1 amide bonds. The van der Waals surface area contributed by atoms with E-state index in [1.807, 2.05) is 61.0 Å². The lowest BCUT2D eigenvalue weighted by atomic mass is 9.93. The number of likely N-dealkylation sites (tertiary alicyclic amines) is 1. The number of rotatable bonds is 8. The Morgan fingerprint density at radius 1 is 0.920 bits per heavy atom. The molecule has 0 radical (unpaired) electrons. The average Bonchev–Trinajstić information content (AvgIpc) is 3.58. The summed E-state index contributed by atoms with van der Waals surface area (Å²) in [5.74, 6) is -0.879. The molecule has 13 heteroatoms. The second-order valence-corrected chi connectivity index (χ2v) is 12.8. The normalized spacial score (nSPS) is 16.7. The Balaban J connectivity index is 1.11. The number of benzene rings is 2. The molecule has 0 saturated carbocycles. The van der Waals surface area contributed by atoms with E-state index in [-0.39, 0.29) is 29.7 Å². The summed E-state index contributed by atoms with van der Waals surface area (Å²) in [4.78, 5) is 40.5. The molecule has 2 aromatic carbocycles. The number of esters is 1. The lowest BCUT2D eigenvalue weighted by molar-refractivity contribution is -0.147. The van der Waals surface area contributed by atoms with E-state index in [1.165, 1.54) is 7.11 Å². The van der Waals surface area contributed by atoms with Gasteiger partial charge in [-0.05, 0) is 105 Å². The van der Waals surface area contributed by atoms with Crippen molar-refractivity contribution in [3.05, 3.63) is 89.1 Å². The van der Waals surface area contributed by atoms with E-state index in [0.29, 0.717) is 28.1 Å². The summed E-state index contributed by atoms with van der Waals surface area (Å²) in [6, 6.07) is 16.8. The molecule has 0 bridgehead atoms. The zero-order valence-corrected chi connectivity index (χ0v) is 28.1. The quantitative estimate of drug-likeness (QED) is 0.164. The van der Waals surface area contributed by atoms with Crippen molar-refractivity contribution in [3.63, 3.8) is 0 Å². The molecule has 1 fully saturated rings. The number of nitrogens with one attached hydrogen (secondary N) is 2. The summed E-state index contributed by atoms with van der Waals surface area (Å²) in [5, 5.41) is 11.0. The van der Waals surface area contributed by atoms with Gasteiger partial charge in [0.25, 0.3) is 12.3 Å². The van der Waals surface area contributed by atoms with E-state index in [9.17, 15) is 18.4 Å². The Kier molecular flexibility index (Phi) is 9.23. The van der Waals surface area contributed by atoms with Gasteiger partial charge in [0, 0.05) is 24.1 Å². The number of methoxy groups -OCH3 is 1. The molecule has 0 unspecified atom stereocenters. The van der Waals surface area contributed by atoms with Gasteiger partial charge in [0.05, 0.1) is 30.3 Å². The van der Waals surface area contributed by atoms with Crippen LogP contribution < -0.4 is 10.6 Å². The zero-order valence-electron chi connectivity index (χ0n) is 28.1. The highest BCUT2D eigenvalue weighted by Gasteiger charge is 2.33. The van der Waals surface area contributed by atoms with Crippen LogP contribution in [0.5, 0.6) is 0 Å². The van der Waals surface area contributed by atoms with Gasteiger partial charge in [0.15, 0.2) is 17.3 Å². The maximum Gasteiger partial charge on any atom is 0.308 e. The molecule has 2 N–H and O–H groups in total. The van der Waals surface area contributed by atoms with Gasteiger partial charge in [-0.3, -0.25) is 24.2 Å². The van der Waals surface area contributed by atoms with Crippen LogP contribution in [0.4, 0.5) is 26.0 Å². The van der Waals surface area contributed by atoms with Crippen molar-refractivity contribution in [2.45, 2.75) is 58.5 Å². The molecule has 0 aliphatic carbocycles. The Bertz CT molecular complexity index is 2080. The predicted octanol–water partition coefficient (Wildman–Crippen LogP) is 7.16. The highest BCUT2D eigenvalue weighted by Crippen LogP contribution is 2.37. The summed E-state index contributed by atoms with van der Waals surface area (Å²) >= 11 is 0. The molecule has 7 rings (SSSR count). The van der Waals surface area contributed by atoms with E-state index < -0.39 is 12.2 Å². The van der Waals surface area contributed by atoms with Gasteiger partial charge in [-0.2, -0.15) is 5.10 Å². The minimum atomic E-state index is -2.83. The molecule has 0 spiro atoms. The van der Waals surface area contributed by atoms with Gasteiger partial charge in [-0.1, -0.05) is 24.3 Å². The minimum Gasteiger partial charge on any atom is -0.469 e. The lowest BCUT2D eigenvalue weighted by Gasteiger charge is -2.38. The van der Waals surface area contributed by atoms with Gasteiger partial charge in [-0.15, -0.1) is 0 Å². The lowest BCUT2D eigenvalue weighted by Crippen LogP contribution is -2.40. The van der Waals surface area contributed by atoms with Crippen molar-refractivity contribution < 1.29 is 23.1 Å². The minimum absolute atomic E-state index is 0.0650. The third kappa shape index (κ3) is 6.40. The second-order valence-electron chi connectivity index (χ2n) is 12.8. The summed E-state index contributed by atoms with van der Waals surface area (Å²) in [6.07, 6.45) is 2.18. The number of anilines is 3. The SMILES string of the molecule is COC(=O)C1CCN([C@@H]2CCCn3nc(C(=O)Nc4cccc(-c5cccc(Nc6nc(C(F)F)nc7cccnc67)c5C)c4C)cc32)CC1. The number of amides is 1. The number of aromatic nitrogens is 5. The van der Waals surface area contributed by atoms with Crippen LogP contribution in [-0.4, -0.2) is 61.7 Å². The molecular formula is C37H38F2N8O3. The number of nitrogens with zero attached hydrogens (tertiary/aromatic N) is 6. The van der Waals surface area contributed by atoms with Crippen molar-refractivity contribution in [2.75, 3.05) is 30.8 Å². The van der Waals surface area contributed by atoms with Crippen molar-refractivity contribution in [2.24, 2.45) is 5.92 Å². The van der Waals surface area contributed by atoms with Crippen molar-refractivity contribution in [1.82, 2.24) is 29.6 Å². The number of carbonyl (C=O) groups is 2. The summed E-state index contributed by atoms with van der Waals surface area (Å²) in [6.45, 7) is 6.23. The maximum absolute atomic E-state index is 13.6. The smallest absolute Gasteiger partial charge is 0.308 e. The number of hydrogen-bond donors (Lipinski definition) is 2. The number of hydrogen-bond acceptors (Lipinski definition) is 9. The van der Waals surface area contributed by atoms with Gasteiger partial charge in [0.1, 0.15) is 5.52 Å². The first-order chi connectivity index (χ1) is 24.2. The number of carbonyl (C=O) groups excluding carboxylic acids is 2. The second kappa shape index (κ2) is 13.9. The summed E-state index contributed by atoms with van der Waals surface area (Å²) in [7, 11) is 1.44. The molecular weight excluding hydrogens is 642 g/mol. The number of alkyl halides is 2. The Hall–Kier alpha value is -5.30. The Labute approximate surface area is 288 Å². The third-order valence-corrected chi connectivity index (χ3v) is 9.86. The first-order valence-electron chi connectivity index (χ1n) is 16.8. The van der Waals surface area contributed by atoms with Crippen LogP contribution >= 0.6 is 0 Å². The highest BCUT2D eigenvalue weighted by molar-refractivity contribution is 6.04. The molecule has 2 aliphatic heterocycles. The van der Waals surface area contributed by atoms with Crippen LogP contribution in [0.3, 0.4) is 0 Å².